The summed E-state index contributed by atoms with van der Waals surface area (Å²) < 4.78 is 30.0. The molecule has 3 heterocycles. The summed E-state index contributed by atoms with van der Waals surface area (Å²) in [5.41, 5.74) is 12.2. The summed E-state index contributed by atoms with van der Waals surface area (Å²) in [7, 11) is 1.73. The predicted octanol–water partition coefficient (Wildman–Crippen LogP) is 0.698. The number of fused-ring (bicyclic) bond motifs is 1. The lowest BCUT2D eigenvalue weighted by Crippen LogP contribution is -2.68. The number of hydrogen-bond donors (Lipinski definition) is 4. The third-order valence-corrected chi connectivity index (χ3v) is 8.92. The molecule has 6 N–H and O–H groups in total. The van der Waals surface area contributed by atoms with Gasteiger partial charge < -0.3 is 27.0 Å². The fraction of sp³-hybridized carbons (Fsp3) is 0.808. The summed E-state index contributed by atoms with van der Waals surface area (Å²) in [5, 5.41) is 6.00. The average molecular weight is 524 g/mol. The number of piperidine rings is 1. The molecule has 7 unspecified atom stereocenters. The van der Waals surface area contributed by atoms with E-state index < -0.39 is 42.4 Å². The van der Waals surface area contributed by atoms with Gasteiger partial charge in [-0.25, -0.2) is 8.78 Å². The van der Waals surface area contributed by atoms with E-state index in [4.69, 9.17) is 11.5 Å². The van der Waals surface area contributed by atoms with Crippen LogP contribution in [-0.4, -0.2) is 98.2 Å². The highest BCUT2D eigenvalue weighted by Gasteiger charge is 2.63. The van der Waals surface area contributed by atoms with E-state index in [0.29, 0.717) is 31.8 Å². The van der Waals surface area contributed by atoms with Crippen LogP contribution in [0.3, 0.4) is 0 Å². The Morgan fingerprint density at radius 3 is 2.76 bits per heavy atom. The van der Waals surface area contributed by atoms with Gasteiger partial charge in [-0.1, -0.05) is 32.8 Å². The Morgan fingerprint density at radius 2 is 2.08 bits per heavy atom. The Balaban J connectivity index is 1.58. The van der Waals surface area contributed by atoms with Gasteiger partial charge in [0.25, 0.3) is 0 Å². The molecule has 3 fully saturated rings. The Hall–Kier alpha value is -1.95. The summed E-state index contributed by atoms with van der Waals surface area (Å²) in [6.07, 6.45) is 3.81. The van der Waals surface area contributed by atoms with Gasteiger partial charge in [0.05, 0.1) is 30.5 Å². The second kappa shape index (κ2) is 11.0. The van der Waals surface area contributed by atoms with E-state index >= 15 is 4.39 Å². The van der Waals surface area contributed by atoms with Crippen molar-refractivity contribution in [3.05, 3.63) is 11.8 Å². The number of allylic oxidation sites excluding steroid dienone is 1. The molecule has 0 bridgehead atoms. The number of hydrogen-bond acceptors (Lipinski definition) is 7. The van der Waals surface area contributed by atoms with Crippen LogP contribution in [0, 0.1) is 16.7 Å². The van der Waals surface area contributed by atoms with Crippen LogP contribution in [0.15, 0.2) is 16.8 Å². The van der Waals surface area contributed by atoms with E-state index in [2.05, 4.69) is 29.5 Å². The lowest BCUT2D eigenvalue weighted by atomic mass is 9.82. The summed E-state index contributed by atoms with van der Waals surface area (Å²) in [6.45, 7) is 5.81. The van der Waals surface area contributed by atoms with Gasteiger partial charge in [-0.2, -0.15) is 0 Å². The summed E-state index contributed by atoms with van der Waals surface area (Å²) in [4.78, 5) is 33.8. The molecule has 4 aliphatic rings. The zero-order valence-corrected chi connectivity index (χ0v) is 22.3. The van der Waals surface area contributed by atoms with Gasteiger partial charge in [0.2, 0.25) is 11.8 Å². The molecule has 2 amide bonds. The number of unbranched alkanes of at least 4 members (excludes halogenated alkanes) is 1. The highest BCUT2D eigenvalue weighted by Crippen LogP contribution is 2.70. The molecule has 0 spiro atoms. The Bertz CT molecular complexity index is 931. The maximum atomic E-state index is 15.2. The van der Waals surface area contributed by atoms with Crippen LogP contribution < -0.4 is 22.1 Å². The van der Waals surface area contributed by atoms with Crippen LogP contribution in [-0.2, 0) is 9.59 Å². The number of carbonyl (C=O) groups is 2. The number of nitrogens with one attached hydrogen (secondary N) is 2. The number of amides is 2. The zero-order chi connectivity index (χ0) is 27.0. The molecule has 2 saturated heterocycles. The molecule has 4 rings (SSSR count). The topological polar surface area (TPSA) is 129 Å². The SMILES string of the molecule is CCCCC12/C=C(C(C(=O)NC3CNCC(F)C3N3CCN(C)C(=O)C3)C(N)N)\N=C/C(F)CC1(C)C2. The molecule has 1 saturated carbocycles. The molecular weight excluding hydrogens is 480 g/mol. The van der Waals surface area contributed by atoms with Crippen molar-refractivity contribution in [2.45, 2.75) is 76.5 Å². The van der Waals surface area contributed by atoms with Gasteiger partial charge in [-0.15, -0.1) is 0 Å². The Kier molecular flexibility index (Phi) is 8.37. The van der Waals surface area contributed by atoms with Crippen LogP contribution in [0.25, 0.3) is 0 Å². The highest BCUT2D eigenvalue weighted by atomic mass is 19.1. The van der Waals surface area contributed by atoms with Crippen molar-refractivity contribution < 1.29 is 18.4 Å². The minimum atomic E-state index is -1.27. The average Bonchev–Trinajstić information content (AvgIpc) is 3.37. The molecule has 3 aliphatic heterocycles. The van der Waals surface area contributed by atoms with Gasteiger partial charge in [0.1, 0.15) is 18.3 Å². The van der Waals surface area contributed by atoms with Crippen LogP contribution >= 0.6 is 0 Å². The minimum absolute atomic E-state index is 0.0800. The van der Waals surface area contributed by atoms with Crippen LogP contribution in [0.4, 0.5) is 8.78 Å². The summed E-state index contributed by atoms with van der Waals surface area (Å²) in [5.74, 6) is -1.56. The molecule has 0 radical (unpaired) electrons. The van der Waals surface area contributed by atoms with E-state index in [1.54, 1.807) is 11.9 Å². The van der Waals surface area contributed by atoms with Crippen molar-refractivity contribution in [2.75, 3.05) is 39.8 Å². The number of nitrogens with two attached hydrogens (primary N) is 2. The van der Waals surface area contributed by atoms with E-state index in [9.17, 15) is 14.0 Å². The molecule has 7 atom stereocenters. The second-order valence-electron chi connectivity index (χ2n) is 11.7. The Labute approximate surface area is 218 Å². The van der Waals surface area contributed by atoms with E-state index in [-0.39, 0.29) is 29.8 Å². The number of piperazine rings is 1. The number of nitrogens with zero attached hydrogens (tertiary/aromatic N) is 3. The van der Waals surface area contributed by atoms with Crippen molar-refractivity contribution in [3.8, 4) is 0 Å². The smallest absolute Gasteiger partial charge is 0.236 e. The Morgan fingerprint density at radius 1 is 1.32 bits per heavy atom. The lowest BCUT2D eigenvalue weighted by Gasteiger charge is -2.45. The van der Waals surface area contributed by atoms with Crippen molar-refractivity contribution >= 4 is 18.0 Å². The molecule has 0 aromatic carbocycles. The van der Waals surface area contributed by atoms with E-state index in [1.165, 1.54) is 6.21 Å². The van der Waals surface area contributed by atoms with Crippen molar-refractivity contribution in [3.63, 3.8) is 0 Å². The number of rotatable bonds is 8. The molecule has 1 aliphatic carbocycles. The minimum Gasteiger partial charge on any atom is -0.350 e. The van der Waals surface area contributed by atoms with Gasteiger partial charge in [-0.3, -0.25) is 19.5 Å². The number of carbonyl (C=O) groups excluding carboxylic acids is 2. The fourth-order valence-electron chi connectivity index (χ4n) is 6.55. The van der Waals surface area contributed by atoms with Crippen LogP contribution in [0.5, 0.6) is 0 Å². The van der Waals surface area contributed by atoms with Gasteiger partial charge in [0, 0.05) is 39.4 Å². The summed E-state index contributed by atoms with van der Waals surface area (Å²) in [6, 6.07) is -1.26. The first-order valence-electron chi connectivity index (χ1n) is 13.6. The third-order valence-electron chi connectivity index (χ3n) is 8.92. The van der Waals surface area contributed by atoms with Gasteiger partial charge in [0.15, 0.2) is 0 Å². The number of aliphatic imine (C=N–C) groups is 1. The number of halogens is 2. The standard InChI is InChI=1S/C26H43F2N7O2/c1-4-5-6-26-10-18(32-11-16(27)9-25(26,2)15-26)21(23(29)30)24(37)33-19-13-31-12-17(28)22(19)35-8-7-34(3)20(36)14-35/h10-11,16-17,19,21-23,31H,4-9,12-15,29-30H2,1-3H3,(H,33,37)/b18-10-,32-11-. The van der Waals surface area contributed by atoms with Gasteiger partial charge >= 0.3 is 0 Å². The molecule has 11 heteroatoms. The maximum Gasteiger partial charge on any atom is 0.236 e. The largest absolute Gasteiger partial charge is 0.350 e. The first kappa shape index (κ1) is 28.1. The van der Waals surface area contributed by atoms with Crippen LogP contribution in [0.2, 0.25) is 0 Å². The van der Waals surface area contributed by atoms with Crippen molar-refractivity contribution in [2.24, 2.45) is 33.2 Å². The monoisotopic (exact) mass is 523 g/mol. The van der Waals surface area contributed by atoms with Crippen LogP contribution in [0.1, 0.15) is 46.0 Å². The maximum absolute atomic E-state index is 15.2. The first-order valence-corrected chi connectivity index (χ1v) is 13.6. The number of likely N-dealkylation sites (N-methyl/N-ethyl adjacent to an activating group) is 1. The molecule has 0 aromatic rings. The molecule has 208 valence electrons. The second-order valence-corrected chi connectivity index (χ2v) is 11.7. The molecule has 37 heavy (non-hydrogen) atoms. The summed E-state index contributed by atoms with van der Waals surface area (Å²) >= 11 is 0. The lowest BCUT2D eigenvalue weighted by molar-refractivity contribution is -0.137. The predicted molar refractivity (Wildman–Crippen MR) is 139 cm³/mol. The molecule has 9 nitrogen and oxygen atoms in total. The van der Waals surface area contributed by atoms with E-state index in [1.807, 2.05) is 11.0 Å². The van der Waals surface area contributed by atoms with E-state index in [0.717, 1.165) is 25.7 Å². The molecule has 0 aromatic heterocycles. The molecular formula is C26H43F2N7O2. The normalized spacial score (nSPS) is 39.7. The quantitative estimate of drug-likeness (QED) is 0.347. The zero-order valence-electron chi connectivity index (χ0n) is 22.3. The first-order chi connectivity index (χ1) is 17.5. The van der Waals surface area contributed by atoms with Crippen molar-refractivity contribution in [1.82, 2.24) is 20.4 Å². The number of alkyl halides is 2. The fourth-order valence-corrected chi connectivity index (χ4v) is 6.55. The highest BCUT2D eigenvalue weighted by molar-refractivity contribution is 5.83. The van der Waals surface area contributed by atoms with Gasteiger partial charge in [-0.05, 0) is 30.1 Å². The van der Waals surface area contributed by atoms with Crippen molar-refractivity contribution in [1.29, 1.82) is 0 Å². The third kappa shape index (κ3) is 5.74.